The third-order valence-electron chi connectivity index (χ3n) is 2.73. The highest BCUT2D eigenvalue weighted by Crippen LogP contribution is 2.11. The van der Waals surface area contributed by atoms with E-state index in [1.165, 1.54) is 0 Å². The maximum absolute atomic E-state index is 8.69. The van der Waals surface area contributed by atoms with Crippen molar-refractivity contribution in [3.8, 4) is 6.19 Å². The van der Waals surface area contributed by atoms with E-state index in [1.54, 1.807) is 18.1 Å². The smallest absolute Gasteiger partial charge is 0.204 e. The lowest BCUT2D eigenvalue weighted by Crippen LogP contribution is -2.36. The third-order valence-corrected chi connectivity index (χ3v) is 3.70. The van der Waals surface area contributed by atoms with Crippen LogP contribution in [0.1, 0.15) is 11.4 Å². The molecule has 8 nitrogen and oxygen atoms in total. The van der Waals surface area contributed by atoms with Gasteiger partial charge in [-0.15, -0.1) is 0 Å². The van der Waals surface area contributed by atoms with Crippen LogP contribution in [0.2, 0.25) is 0 Å². The summed E-state index contributed by atoms with van der Waals surface area (Å²) in [4.78, 5) is 11.5. The number of aromatic amines is 1. The van der Waals surface area contributed by atoms with Crippen LogP contribution in [0.15, 0.2) is 11.3 Å². The zero-order valence-electron chi connectivity index (χ0n) is 12.7. The molecule has 0 radical (unpaired) electrons. The Morgan fingerprint density at radius 2 is 2.36 bits per heavy atom. The molecule has 0 amide bonds. The van der Waals surface area contributed by atoms with Crippen molar-refractivity contribution in [1.29, 1.82) is 5.26 Å². The predicted molar refractivity (Wildman–Crippen MR) is 88.5 cm³/mol. The molecule has 5 N–H and O–H groups in total. The summed E-state index contributed by atoms with van der Waals surface area (Å²) in [6.45, 7) is 4.58. The summed E-state index contributed by atoms with van der Waals surface area (Å²) in [6.07, 6.45) is 3.57. The van der Waals surface area contributed by atoms with Gasteiger partial charge in [0.2, 0.25) is 5.96 Å². The lowest BCUT2D eigenvalue weighted by molar-refractivity contribution is 0.293. The van der Waals surface area contributed by atoms with E-state index >= 15 is 0 Å². The molecule has 0 aliphatic carbocycles. The van der Waals surface area contributed by atoms with Crippen molar-refractivity contribution in [2.45, 2.75) is 12.7 Å². The number of thioether (sulfide) groups is 1. The number of nitrogens with zero attached hydrogens (tertiary/aromatic N) is 3. The van der Waals surface area contributed by atoms with Crippen LogP contribution in [-0.4, -0.2) is 59.6 Å². The minimum Gasteiger partial charge on any atom is -0.395 e. The number of rotatable bonds is 10. The highest BCUT2D eigenvalue weighted by molar-refractivity contribution is 7.98. The summed E-state index contributed by atoms with van der Waals surface area (Å²) in [5.74, 6) is 2.23. The number of aromatic nitrogens is 2. The van der Waals surface area contributed by atoms with Gasteiger partial charge in [-0.05, 0) is 6.92 Å². The number of aliphatic hydroxyl groups is 1. The Morgan fingerprint density at radius 3 is 3.05 bits per heavy atom. The van der Waals surface area contributed by atoms with Gasteiger partial charge in [0.1, 0.15) is 0 Å². The number of imidazole rings is 1. The molecular formula is C13H23N7OS. The molecule has 1 aromatic rings. The molecular weight excluding hydrogens is 302 g/mol. The minimum absolute atomic E-state index is 0.109. The number of H-pyrrole nitrogens is 1. The first-order valence-electron chi connectivity index (χ1n) is 7.09. The van der Waals surface area contributed by atoms with E-state index in [1.807, 2.05) is 13.1 Å². The van der Waals surface area contributed by atoms with Gasteiger partial charge in [-0.3, -0.25) is 10.3 Å². The first-order valence-corrected chi connectivity index (χ1v) is 8.25. The van der Waals surface area contributed by atoms with E-state index < -0.39 is 0 Å². The standard InChI is InChI=1S/C13H23N7OS/c1-11-12(20-10-19-11)8-22-7-5-17-13(18-9-14)16-3-2-15-4-6-21/h10,15,21H,2-8H2,1H3,(H,19,20)(H2,16,17,18). The third kappa shape index (κ3) is 7.87. The average Bonchev–Trinajstić information content (AvgIpc) is 2.92. The summed E-state index contributed by atoms with van der Waals surface area (Å²) >= 11 is 1.77. The molecule has 0 saturated heterocycles. The highest BCUT2D eigenvalue weighted by Gasteiger charge is 2.01. The fraction of sp³-hybridized carbons (Fsp3) is 0.615. The Hall–Kier alpha value is -1.76. The summed E-state index contributed by atoms with van der Waals surface area (Å²) in [6, 6.07) is 0. The van der Waals surface area contributed by atoms with Crippen LogP contribution in [0.5, 0.6) is 0 Å². The van der Waals surface area contributed by atoms with Crippen LogP contribution in [0.25, 0.3) is 0 Å². The Kier molecular flexibility index (Phi) is 9.85. The zero-order valence-corrected chi connectivity index (χ0v) is 13.5. The highest BCUT2D eigenvalue weighted by atomic mass is 32.2. The second kappa shape index (κ2) is 11.9. The van der Waals surface area contributed by atoms with Crippen LogP contribution in [-0.2, 0) is 5.75 Å². The zero-order chi connectivity index (χ0) is 16.0. The predicted octanol–water partition coefficient (Wildman–Crippen LogP) is -0.450. The molecule has 0 aliphatic heterocycles. The number of hydrogen-bond donors (Lipinski definition) is 5. The fourth-order valence-corrected chi connectivity index (χ4v) is 2.46. The largest absolute Gasteiger partial charge is 0.395 e. The molecule has 22 heavy (non-hydrogen) atoms. The van der Waals surface area contributed by atoms with E-state index in [0.717, 1.165) is 22.9 Å². The fourth-order valence-electron chi connectivity index (χ4n) is 1.59. The number of hydrogen-bond acceptors (Lipinski definition) is 6. The Bertz CT molecular complexity index is 483. The monoisotopic (exact) mass is 325 g/mol. The van der Waals surface area contributed by atoms with Crippen LogP contribution in [0, 0.1) is 18.4 Å². The maximum atomic E-state index is 8.69. The maximum Gasteiger partial charge on any atom is 0.204 e. The van der Waals surface area contributed by atoms with Crippen molar-refractivity contribution in [2.24, 2.45) is 4.99 Å². The number of nitriles is 1. The molecule has 1 aromatic heterocycles. The average molecular weight is 325 g/mol. The summed E-state index contributed by atoms with van der Waals surface area (Å²) < 4.78 is 0. The molecule has 9 heteroatoms. The van der Waals surface area contributed by atoms with Crippen LogP contribution in [0.4, 0.5) is 0 Å². The molecule has 0 unspecified atom stereocenters. The van der Waals surface area contributed by atoms with E-state index in [4.69, 9.17) is 10.4 Å². The molecule has 0 aliphatic rings. The Morgan fingerprint density at radius 1 is 1.50 bits per heavy atom. The molecule has 1 heterocycles. The molecule has 0 fully saturated rings. The number of aryl methyl sites for hydroxylation is 1. The van der Waals surface area contributed by atoms with Gasteiger partial charge in [-0.2, -0.15) is 17.0 Å². The van der Waals surface area contributed by atoms with Gasteiger partial charge >= 0.3 is 0 Å². The van der Waals surface area contributed by atoms with Crippen LogP contribution >= 0.6 is 11.8 Å². The van der Waals surface area contributed by atoms with E-state index in [0.29, 0.717) is 32.1 Å². The molecule has 0 spiro atoms. The van der Waals surface area contributed by atoms with Gasteiger partial charge in [-0.25, -0.2) is 4.98 Å². The molecule has 0 atom stereocenters. The first kappa shape index (κ1) is 18.3. The van der Waals surface area contributed by atoms with Gasteiger partial charge in [0, 0.05) is 36.8 Å². The van der Waals surface area contributed by atoms with Crippen LogP contribution in [0.3, 0.4) is 0 Å². The van der Waals surface area contributed by atoms with E-state index in [9.17, 15) is 0 Å². The van der Waals surface area contributed by atoms with Crippen molar-refractivity contribution in [3.63, 3.8) is 0 Å². The van der Waals surface area contributed by atoms with Gasteiger partial charge < -0.3 is 20.7 Å². The number of aliphatic hydroxyl groups excluding tert-OH is 1. The molecule has 0 saturated carbocycles. The van der Waals surface area contributed by atoms with Gasteiger partial charge in [0.15, 0.2) is 6.19 Å². The molecule has 1 rings (SSSR count). The van der Waals surface area contributed by atoms with Crippen molar-refractivity contribution in [1.82, 2.24) is 25.9 Å². The first-order chi connectivity index (χ1) is 10.8. The van der Waals surface area contributed by atoms with E-state index in [-0.39, 0.29) is 6.61 Å². The molecule has 0 bridgehead atoms. The molecule has 0 aromatic carbocycles. The van der Waals surface area contributed by atoms with Gasteiger partial charge in [0.25, 0.3) is 0 Å². The normalized spacial score (nSPS) is 11.2. The summed E-state index contributed by atoms with van der Waals surface area (Å²) in [7, 11) is 0. The second-order valence-electron chi connectivity index (χ2n) is 4.39. The van der Waals surface area contributed by atoms with Crippen molar-refractivity contribution < 1.29 is 5.11 Å². The van der Waals surface area contributed by atoms with Crippen molar-refractivity contribution in [2.75, 3.05) is 38.5 Å². The molecule has 122 valence electrons. The lowest BCUT2D eigenvalue weighted by Gasteiger charge is -2.08. The van der Waals surface area contributed by atoms with E-state index in [2.05, 4.69) is 30.9 Å². The van der Waals surface area contributed by atoms with Crippen molar-refractivity contribution >= 4 is 17.7 Å². The topological polar surface area (TPSA) is 121 Å². The number of nitrogens with one attached hydrogen (secondary N) is 4. The lowest BCUT2D eigenvalue weighted by atomic mass is 10.4. The quantitative estimate of drug-likeness (QED) is 0.130. The van der Waals surface area contributed by atoms with Crippen molar-refractivity contribution in [3.05, 3.63) is 17.7 Å². The minimum atomic E-state index is 0.109. The number of guanidine groups is 1. The summed E-state index contributed by atoms with van der Waals surface area (Å²) in [5.41, 5.74) is 2.17. The Balaban J connectivity index is 2.16. The Labute approximate surface area is 134 Å². The number of aliphatic imine (C=N–C) groups is 1. The van der Waals surface area contributed by atoms with Gasteiger partial charge in [-0.1, -0.05) is 0 Å². The van der Waals surface area contributed by atoms with Crippen LogP contribution < -0.4 is 16.0 Å². The van der Waals surface area contributed by atoms with Gasteiger partial charge in [0.05, 0.1) is 25.2 Å². The second-order valence-corrected chi connectivity index (χ2v) is 5.50. The summed E-state index contributed by atoms with van der Waals surface area (Å²) in [5, 5.41) is 26.0. The SMILES string of the molecule is Cc1[nH]cnc1CSCCNC(=NCCNCCO)NC#N.